The smallest absolute Gasteiger partial charge is 0.260 e. The summed E-state index contributed by atoms with van der Waals surface area (Å²) in [6, 6.07) is 10.0. The molecule has 5 rings (SSSR count). The molecule has 3 aromatic rings. The van der Waals surface area contributed by atoms with E-state index < -0.39 is 10.0 Å². The Morgan fingerprint density at radius 1 is 1.17 bits per heavy atom. The highest BCUT2D eigenvalue weighted by Crippen LogP contribution is 2.35. The predicted molar refractivity (Wildman–Crippen MR) is 144 cm³/mol. The lowest BCUT2D eigenvalue weighted by molar-refractivity contribution is 0.0917. The highest BCUT2D eigenvalue weighted by molar-refractivity contribution is 7.89. The van der Waals surface area contributed by atoms with Crippen molar-refractivity contribution >= 4 is 54.2 Å². The number of anilines is 1. The number of fused-ring (bicyclic) bond motifs is 1. The van der Waals surface area contributed by atoms with Crippen LogP contribution in [0.1, 0.15) is 54.9 Å². The molecule has 7 nitrogen and oxygen atoms in total. The van der Waals surface area contributed by atoms with Crippen molar-refractivity contribution in [1.82, 2.24) is 9.29 Å². The standard InChI is InChI=1S/C26H30ClN3O4S2/c1-17-6-3-4-14-30(17)36(32,33)21-10-8-19(9-11-21)25(31)29(16-20-7-5-15-34-20)26-28-24-18(2)22(27)12-13-23(24)35-26/h8-13,17,20H,3-7,14-16H2,1-2H3. The van der Waals surface area contributed by atoms with E-state index in [1.165, 1.54) is 23.5 Å². The molecule has 2 unspecified atom stereocenters. The first-order chi connectivity index (χ1) is 17.3. The van der Waals surface area contributed by atoms with Crippen molar-refractivity contribution in [2.24, 2.45) is 0 Å². The lowest BCUT2D eigenvalue weighted by Gasteiger charge is -2.32. The SMILES string of the molecule is Cc1c(Cl)ccc2sc(N(CC3CCCO3)C(=O)c3ccc(S(=O)(=O)N4CCCCC4C)cc3)nc12. The van der Waals surface area contributed by atoms with Crippen molar-refractivity contribution in [1.29, 1.82) is 0 Å². The third kappa shape index (κ3) is 4.91. The van der Waals surface area contributed by atoms with E-state index in [1.807, 2.05) is 26.0 Å². The third-order valence-electron chi connectivity index (χ3n) is 7.07. The second kappa shape index (κ2) is 10.4. The molecule has 10 heteroatoms. The summed E-state index contributed by atoms with van der Waals surface area (Å²) in [5.74, 6) is -0.233. The number of amides is 1. The molecule has 0 saturated carbocycles. The number of aryl methyl sites for hydroxylation is 1. The molecule has 0 radical (unpaired) electrons. The Labute approximate surface area is 221 Å². The summed E-state index contributed by atoms with van der Waals surface area (Å²) >= 11 is 7.74. The zero-order valence-electron chi connectivity index (χ0n) is 20.4. The Bertz CT molecular complexity index is 1370. The van der Waals surface area contributed by atoms with Gasteiger partial charge in [-0.25, -0.2) is 13.4 Å². The number of hydrogen-bond acceptors (Lipinski definition) is 6. The van der Waals surface area contributed by atoms with Crippen LogP contribution in [0, 0.1) is 6.92 Å². The summed E-state index contributed by atoms with van der Waals surface area (Å²) in [6.07, 6.45) is 4.55. The molecule has 2 atom stereocenters. The van der Waals surface area contributed by atoms with Gasteiger partial charge in [0.2, 0.25) is 10.0 Å². The molecule has 2 fully saturated rings. The Kier molecular flexibility index (Phi) is 7.38. The number of hydrogen-bond donors (Lipinski definition) is 0. The molecule has 0 bridgehead atoms. The van der Waals surface area contributed by atoms with Gasteiger partial charge in [0.05, 0.1) is 27.8 Å². The van der Waals surface area contributed by atoms with Crippen LogP contribution in [0.3, 0.4) is 0 Å². The Hall–Kier alpha value is -2.04. The van der Waals surface area contributed by atoms with Gasteiger partial charge in [-0.3, -0.25) is 9.69 Å². The lowest BCUT2D eigenvalue weighted by Crippen LogP contribution is -2.42. The van der Waals surface area contributed by atoms with Crippen molar-refractivity contribution in [2.45, 2.75) is 63.0 Å². The van der Waals surface area contributed by atoms with E-state index in [9.17, 15) is 13.2 Å². The van der Waals surface area contributed by atoms with Gasteiger partial charge in [-0.05, 0) is 81.5 Å². The van der Waals surface area contributed by atoms with Crippen LogP contribution in [-0.4, -0.2) is 55.5 Å². The molecule has 2 aliphatic rings. The van der Waals surface area contributed by atoms with Crippen molar-refractivity contribution in [3.05, 3.63) is 52.5 Å². The van der Waals surface area contributed by atoms with Gasteiger partial charge in [0.25, 0.3) is 5.91 Å². The second-order valence-electron chi connectivity index (χ2n) is 9.55. The quantitative estimate of drug-likeness (QED) is 0.398. The van der Waals surface area contributed by atoms with Gasteiger partial charge in [0, 0.05) is 29.8 Å². The van der Waals surface area contributed by atoms with Crippen molar-refractivity contribution in [3.63, 3.8) is 0 Å². The number of sulfonamides is 1. The van der Waals surface area contributed by atoms with Gasteiger partial charge in [-0.2, -0.15) is 4.31 Å². The van der Waals surface area contributed by atoms with Crippen LogP contribution >= 0.6 is 22.9 Å². The summed E-state index contributed by atoms with van der Waals surface area (Å²) in [6.45, 7) is 5.47. The molecular formula is C26H30ClN3O4S2. The summed E-state index contributed by atoms with van der Waals surface area (Å²) in [5, 5.41) is 1.21. The molecule has 36 heavy (non-hydrogen) atoms. The number of halogens is 1. The molecular weight excluding hydrogens is 518 g/mol. The Balaban J connectivity index is 1.45. The molecule has 2 aliphatic heterocycles. The molecule has 2 saturated heterocycles. The summed E-state index contributed by atoms with van der Waals surface area (Å²) in [5.41, 5.74) is 2.07. The largest absolute Gasteiger partial charge is 0.376 e. The highest BCUT2D eigenvalue weighted by atomic mass is 35.5. The minimum Gasteiger partial charge on any atom is -0.376 e. The molecule has 192 valence electrons. The highest BCUT2D eigenvalue weighted by Gasteiger charge is 2.32. The molecule has 1 aromatic heterocycles. The fourth-order valence-corrected chi connectivity index (χ4v) is 7.82. The van der Waals surface area contributed by atoms with E-state index in [1.54, 1.807) is 21.3 Å². The molecule has 0 N–H and O–H groups in total. The van der Waals surface area contributed by atoms with Crippen LogP contribution < -0.4 is 4.90 Å². The summed E-state index contributed by atoms with van der Waals surface area (Å²) in [4.78, 5) is 20.4. The minimum atomic E-state index is -3.61. The Morgan fingerprint density at radius 2 is 1.94 bits per heavy atom. The van der Waals surface area contributed by atoms with E-state index >= 15 is 0 Å². The first-order valence-electron chi connectivity index (χ1n) is 12.4. The fourth-order valence-electron chi connectivity index (χ4n) is 4.93. The average molecular weight is 548 g/mol. The van der Waals surface area contributed by atoms with Crippen molar-refractivity contribution < 1.29 is 17.9 Å². The van der Waals surface area contributed by atoms with E-state index in [4.69, 9.17) is 21.3 Å². The zero-order chi connectivity index (χ0) is 25.4. The van der Waals surface area contributed by atoms with Crippen molar-refractivity contribution in [2.75, 3.05) is 24.6 Å². The first kappa shape index (κ1) is 25.6. The molecule has 0 spiro atoms. The molecule has 1 amide bonds. The van der Waals surface area contributed by atoms with Crippen LogP contribution in [0.15, 0.2) is 41.3 Å². The maximum atomic E-state index is 13.7. The van der Waals surface area contributed by atoms with Crippen LogP contribution in [0.2, 0.25) is 5.02 Å². The van der Waals surface area contributed by atoms with Crippen LogP contribution in [0.4, 0.5) is 5.13 Å². The fraction of sp³-hybridized carbons (Fsp3) is 0.462. The van der Waals surface area contributed by atoms with Gasteiger partial charge in [-0.15, -0.1) is 0 Å². The van der Waals surface area contributed by atoms with Crippen LogP contribution in [0.25, 0.3) is 10.2 Å². The third-order valence-corrected chi connectivity index (χ3v) is 10.6. The maximum Gasteiger partial charge on any atom is 0.260 e. The van der Waals surface area contributed by atoms with E-state index in [0.29, 0.717) is 35.4 Å². The predicted octanol–water partition coefficient (Wildman–Crippen LogP) is 5.65. The second-order valence-corrected chi connectivity index (χ2v) is 12.9. The first-order valence-corrected chi connectivity index (χ1v) is 15.0. The van der Waals surface area contributed by atoms with E-state index in [2.05, 4.69) is 0 Å². The number of carbonyl (C=O) groups is 1. The minimum absolute atomic E-state index is 0.0250. The number of carbonyl (C=O) groups excluding carboxylic acids is 1. The van der Waals surface area contributed by atoms with E-state index in [-0.39, 0.29) is 22.9 Å². The van der Waals surface area contributed by atoms with Crippen molar-refractivity contribution in [3.8, 4) is 0 Å². The van der Waals surface area contributed by atoms with Crippen LogP contribution in [-0.2, 0) is 14.8 Å². The average Bonchev–Trinajstić information content (AvgIpc) is 3.55. The number of thiazole rings is 1. The summed E-state index contributed by atoms with van der Waals surface area (Å²) in [7, 11) is -3.61. The number of ether oxygens (including phenoxy) is 1. The Morgan fingerprint density at radius 3 is 2.64 bits per heavy atom. The molecule has 0 aliphatic carbocycles. The van der Waals surface area contributed by atoms with Crippen LogP contribution in [0.5, 0.6) is 0 Å². The van der Waals surface area contributed by atoms with Gasteiger partial charge in [0.15, 0.2) is 5.13 Å². The van der Waals surface area contributed by atoms with Gasteiger partial charge in [-0.1, -0.05) is 29.4 Å². The number of aromatic nitrogens is 1. The number of piperidine rings is 1. The number of rotatable bonds is 6. The van der Waals surface area contributed by atoms with E-state index in [0.717, 1.165) is 47.9 Å². The van der Waals surface area contributed by atoms with Gasteiger partial charge >= 0.3 is 0 Å². The molecule has 2 aromatic carbocycles. The maximum absolute atomic E-state index is 13.7. The zero-order valence-corrected chi connectivity index (χ0v) is 22.8. The van der Waals surface area contributed by atoms with Gasteiger partial charge in [0.1, 0.15) is 0 Å². The normalized spacial score (nSPS) is 21.2. The topological polar surface area (TPSA) is 79.8 Å². The number of nitrogens with zero attached hydrogens (tertiary/aromatic N) is 3. The number of benzene rings is 2. The van der Waals surface area contributed by atoms with Gasteiger partial charge < -0.3 is 4.74 Å². The molecule has 3 heterocycles. The lowest BCUT2D eigenvalue weighted by atomic mass is 10.1. The summed E-state index contributed by atoms with van der Waals surface area (Å²) < 4.78 is 34.8. The monoisotopic (exact) mass is 547 g/mol.